The van der Waals surface area contributed by atoms with Gasteiger partial charge in [0.25, 0.3) is 0 Å². The van der Waals surface area contributed by atoms with Gasteiger partial charge in [0.1, 0.15) is 63.1 Å². The monoisotopic (exact) mass is 1790 g/mol. The summed E-state index contributed by atoms with van der Waals surface area (Å²) in [5, 5.41) is 54.7. The maximum absolute atomic E-state index is 13.9. The molecule has 8 aliphatic carbocycles. The summed E-state index contributed by atoms with van der Waals surface area (Å²) in [7, 11) is 0. The van der Waals surface area contributed by atoms with Crippen molar-refractivity contribution in [3.05, 3.63) is 285 Å². The fourth-order valence-corrected chi connectivity index (χ4v) is 24.6. The van der Waals surface area contributed by atoms with Gasteiger partial charge in [-0.15, -0.1) is 6.42 Å². The number of aliphatic hydroxyl groups excluding tert-OH is 3. The Balaban J connectivity index is 0.000000121. The summed E-state index contributed by atoms with van der Waals surface area (Å²) in [6.45, 7) is 1.30. The molecule has 4 N–H and O–H groups in total. The van der Waals surface area contributed by atoms with Gasteiger partial charge in [0, 0.05) is 120 Å². The maximum atomic E-state index is 13.9. The Kier molecular flexibility index (Phi) is 28.0. The Morgan fingerprint density at radius 1 is 0.408 bits per heavy atom. The third kappa shape index (κ3) is 20.2. The Bertz CT molecular complexity index is 6000. The zero-order chi connectivity index (χ0) is 90.6. The first-order chi connectivity index (χ1) is 62.9. The molecule has 8 heterocycles. The van der Waals surface area contributed by atoms with Crippen LogP contribution in [0.15, 0.2) is 195 Å². The Morgan fingerprint density at radius 2 is 0.754 bits per heavy atom. The van der Waals surface area contributed by atoms with E-state index in [-0.39, 0.29) is 133 Å². The summed E-state index contributed by atoms with van der Waals surface area (Å²) in [4.78, 5) is 86.0. The SMILES string of the molecule is C#Cc1ccc(CC(=O)C(CO)C2C[C@H]3CC(c4ccnc5ccc(F)cc45)C[C@H]3C2)cn1.CC(O)(C(=O)Cc1ccc(C#N)cn1)C1C[C@H]2CC(c3ccnc4ccc(F)cc34)C[C@H]2C1.O=C(Cc1ccc(Cl)cn1)C(CO)C1C[C@H]2CC(c3ccnc4ccc(F)cc34)C[C@H]2C1.O=C(Cc1ccc(Cl)nc1)C(CO)C1C[C@H]2CC(c3ccnc4ccc(F)cc34)C[C@H]2C1. The second-order valence-electron chi connectivity index (χ2n) is 38.2. The largest absolute Gasteiger partial charge is 0.396 e. The number of nitrogens with zero attached hydrogens (tertiary/aromatic N) is 9. The van der Waals surface area contributed by atoms with Crippen molar-refractivity contribution in [2.45, 2.75) is 165 Å². The molecular formula is C107H105Cl2F4N9O8. The fraction of sp³-hybridized carbons (Fsp3) is 0.411. The number of terminal acetylenes is 1. The van der Waals surface area contributed by atoms with E-state index in [4.69, 9.17) is 34.9 Å². The first-order valence-electron chi connectivity index (χ1n) is 45.7. The third-order valence-corrected chi connectivity index (χ3v) is 31.2. The number of carbonyl (C=O) groups excluding carboxylic acids is 4. The van der Waals surface area contributed by atoms with E-state index in [2.05, 4.69) is 45.8 Å². The Morgan fingerprint density at radius 3 is 1.07 bits per heavy atom. The number of rotatable bonds is 23. The number of pyridine rings is 8. The molecule has 0 radical (unpaired) electrons. The van der Waals surface area contributed by atoms with Crippen molar-refractivity contribution in [1.29, 1.82) is 5.26 Å². The van der Waals surface area contributed by atoms with Crippen molar-refractivity contribution in [3.63, 3.8) is 0 Å². The molecule has 20 atom stereocenters. The average molecular weight is 1790 g/mol. The van der Waals surface area contributed by atoms with E-state index in [9.17, 15) is 57.2 Å². The summed E-state index contributed by atoms with van der Waals surface area (Å²) in [5.74, 6) is 6.72. The van der Waals surface area contributed by atoms with Gasteiger partial charge >= 0.3 is 0 Å². The standard InChI is InChI=1S/C28H27FN2O2.C27H26FN3O2.2C26H26ClFN2O2/c1-2-23-5-3-17(15-31-23)9-28(33)26(16-32)21-12-18-10-20(11-19(18)13-21)24-7-8-30-27-6-4-22(29)14-25(24)27;1-27(33,26(32)13-22-4-2-16(14-29)15-31-22)20-10-17-8-19(9-18(17)11-20)23-6-7-30-25-5-3-21(28)12-24(23)25;27-26-4-1-15(13-30-26)7-25(32)23(14-31)19-10-16-8-18(9-17(16)11-19)21-5-6-29-24-3-2-20(28)12-22(21)24;27-19-1-3-21(30-13-19)12-26(32)24(14-31)18-9-15-7-17(8-16(15)10-18)22-5-6-29-25-4-2-20(28)11-23(22)25/h1,3-8,14-15,18-21,26,32H,9-13,16H2;2-7,12,15,17-20,33H,8-11,13H2,1H3;1-6,12-13,16-19,23,31H,7-11,14H2;1-6,11,13,15-18,24,31H,7-10,12,14H2/t18-,19+,20?,21?,26?;17-,18+,19?,20?,27?;16-,17+,18?,19?,23?;15-,16+,17?,18?,24?. The van der Waals surface area contributed by atoms with Gasteiger partial charge in [-0.2, -0.15) is 5.26 Å². The molecule has 8 aliphatic rings. The molecule has 8 saturated carbocycles. The third-order valence-electron chi connectivity index (χ3n) is 30.7. The topological polar surface area (TPSA) is 276 Å². The quantitative estimate of drug-likeness (QED) is 0.0263. The van der Waals surface area contributed by atoms with Gasteiger partial charge in [0.15, 0.2) is 5.78 Å². The normalized spacial score (nSPS) is 25.6. The van der Waals surface area contributed by atoms with Crippen molar-refractivity contribution in [2.24, 2.45) is 88.8 Å². The number of ketones is 4. The van der Waals surface area contributed by atoms with Crippen LogP contribution in [0.2, 0.25) is 10.2 Å². The van der Waals surface area contributed by atoms with Crippen LogP contribution in [0.5, 0.6) is 0 Å². The first kappa shape index (κ1) is 90.9. The van der Waals surface area contributed by atoms with E-state index in [0.29, 0.717) is 104 Å². The highest BCUT2D eigenvalue weighted by molar-refractivity contribution is 6.30. The van der Waals surface area contributed by atoms with Gasteiger partial charge in [-0.05, 0) is 371 Å². The smallest absolute Gasteiger partial charge is 0.170 e. The highest BCUT2D eigenvalue weighted by Gasteiger charge is 2.52. The summed E-state index contributed by atoms with van der Waals surface area (Å²) in [6, 6.07) is 43.2. The van der Waals surface area contributed by atoms with E-state index in [1.165, 1.54) is 47.2 Å². The predicted octanol–water partition coefficient (Wildman–Crippen LogP) is 20.1. The molecule has 130 heavy (non-hydrogen) atoms. The van der Waals surface area contributed by atoms with E-state index in [1.807, 2.05) is 61.1 Å². The molecule has 23 heteroatoms. The van der Waals surface area contributed by atoms with E-state index < -0.39 is 5.60 Å². The highest BCUT2D eigenvalue weighted by atomic mass is 35.5. The van der Waals surface area contributed by atoms with E-state index in [1.54, 1.807) is 117 Å². The molecule has 4 aromatic carbocycles. The number of aliphatic hydroxyl groups is 4. The second-order valence-corrected chi connectivity index (χ2v) is 39.0. The first-order valence-corrected chi connectivity index (χ1v) is 46.5. The molecule has 0 saturated heterocycles. The van der Waals surface area contributed by atoms with Crippen LogP contribution in [0.25, 0.3) is 43.6 Å². The zero-order valence-electron chi connectivity index (χ0n) is 72.5. The predicted molar refractivity (Wildman–Crippen MR) is 490 cm³/mol. The summed E-state index contributed by atoms with van der Waals surface area (Å²) in [5.41, 5.74) is 10.5. The van der Waals surface area contributed by atoms with Gasteiger partial charge < -0.3 is 20.4 Å². The number of benzene rings is 4. The molecule has 0 aliphatic heterocycles. The molecule has 0 amide bonds. The minimum Gasteiger partial charge on any atom is -0.396 e. The van der Waals surface area contributed by atoms with Crippen LogP contribution in [0.4, 0.5) is 17.6 Å². The van der Waals surface area contributed by atoms with E-state index in [0.717, 1.165) is 163 Å². The summed E-state index contributed by atoms with van der Waals surface area (Å²) < 4.78 is 55.5. The van der Waals surface area contributed by atoms with Gasteiger partial charge in [-0.3, -0.25) is 49.1 Å². The van der Waals surface area contributed by atoms with Crippen LogP contribution in [0.3, 0.4) is 0 Å². The van der Waals surface area contributed by atoms with Crippen LogP contribution >= 0.6 is 23.2 Å². The number of fused-ring (bicyclic) bond motifs is 8. The number of carbonyl (C=O) groups is 4. The number of Topliss-reactive ketones (excluding diaryl/α,β-unsaturated/α-hetero) is 4. The van der Waals surface area contributed by atoms with Crippen molar-refractivity contribution in [3.8, 4) is 18.4 Å². The zero-order valence-corrected chi connectivity index (χ0v) is 74.0. The minimum atomic E-state index is -1.40. The Labute approximate surface area is 763 Å². The highest BCUT2D eigenvalue weighted by Crippen LogP contribution is 2.60. The number of aromatic nitrogens is 8. The number of halogens is 6. The molecule has 0 spiro atoms. The summed E-state index contributed by atoms with van der Waals surface area (Å²) >= 11 is 11.7. The molecule has 8 fully saturated rings. The van der Waals surface area contributed by atoms with Crippen LogP contribution in [-0.4, -0.2) is 109 Å². The van der Waals surface area contributed by atoms with Gasteiger partial charge in [-0.1, -0.05) is 41.3 Å². The number of hydrogen-bond acceptors (Lipinski definition) is 17. The molecule has 20 rings (SSSR count). The maximum Gasteiger partial charge on any atom is 0.170 e. The van der Waals surface area contributed by atoms with Crippen molar-refractivity contribution >= 4 is 89.9 Å². The molecule has 17 nitrogen and oxygen atoms in total. The summed E-state index contributed by atoms with van der Waals surface area (Å²) in [6.07, 6.45) is 35.4. The second kappa shape index (κ2) is 40.0. The van der Waals surface area contributed by atoms with Crippen LogP contribution < -0.4 is 0 Å². The molecule has 668 valence electrons. The van der Waals surface area contributed by atoms with Gasteiger partial charge in [0.2, 0.25) is 0 Å². The lowest BCUT2D eigenvalue weighted by atomic mass is 9.80. The van der Waals surface area contributed by atoms with Gasteiger partial charge in [-0.25, -0.2) is 27.5 Å². The fourth-order valence-electron chi connectivity index (χ4n) is 24.4. The molecule has 8 aromatic heterocycles. The molecular weight excluding hydrogens is 1690 g/mol. The number of nitriles is 1. The Hall–Kier alpha value is -11.0. The van der Waals surface area contributed by atoms with Crippen LogP contribution in [-0.2, 0) is 44.9 Å². The van der Waals surface area contributed by atoms with Crippen LogP contribution in [0.1, 0.15) is 189 Å². The molecule has 0 bridgehead atoms. The lowest BCUT2D eigenvalue weighted by Crippen LogP contribution is -2.43. The van der Waals surface area contributed by atoms with Gasteiger partial charge in [0.05, 0.1) is 58.9 Å². The van der Waals surface area contributed by atoms with Crippen molar-refractivity contribution in [2.75, 3.05) is 19.8 Å². The lowest BCUT2D eigenvalue weighted by Gasteiger charge is -2.30. The minimum absolute atomic E-state index is 0.0550. The lowest BCUT2D eigenvalue weighted by molar-refractivity contribution is -0.140. The average Bonchev–Trinajstić information content (AvgIpc) is 1.61. The molecule has 12 unspecified atom stereocenters. The van der Waals surface area contributed by atoms with Crippen LogP contribution in [0, 0.1) is 136 Å². The number of hydrogen-bond donors (Lipinski definition) is 4. The van der Waals surface area contributed by atoms with Crippen molar-refractivity contribution < 1.29 is 57.2 Å². The van der Waals surface area contributed by atoms with E-state index >= 15 is 0 Å². The molecule has 12 aromatic rings. The van der Waals surface area contributed by atoms with Crippen molar-refractivity contribution in [1.82, 2.24) is 39.9 Å².